The Labute approximate surface area is 60.9 Å². The van der Waals surface area contributed by atoms with E-state index < -0.39 is 5.97 Å². The fraction of sp³-hybridized carbons (Fsp3) is 0. The van der Waals surface area contributed by atoms with E-state index in [1.165, 1.54) is 6.07 Å². The fourth-order valence-corrected chi connectivity index (χ4v) is 1.29. The number of carbonyl (C=O) groups excluding carboxylic acids is 1. The van der Waals surface area contributed by atoms with E-state index in [9.17, 15) is 9.59 Å². The molecule has 0 aliphatic carbocycles. The van der Waals surface area contributed by atoms with Gasteiger partial charge in [0, 0.05) is 5.56 Å². The second-order valence-corrected chi connectivity index (χ2v) is 2.54. The first-order valence-corrected chi connectivity index (χ1v) is 3.39. The fourth-order valence-electron chi connectivity index (χ4n) is 0.586. The maximum Gasteiger partial charge on any atom is 0.346 e. The second kappa shape index (κ2) is 2.62. The molecule has 1 heterocycles. The lowest BCUT2D eigenvalue weighted by molar-refractivity contribution is 0.0699. The number of aromatic carboxylic acids is 1. The highest BCUT2D eigenvalue weighted by molar-refractivity contribution is 7.12. The van der Waals surface area contributed by atoms with Gasteiger partial charge in [-0.25, -0.2) is 4.79 Å². The van der Waals surface area contributed by atoms with Gasteiger partial charge in [0.15, 0.2) is 6.29 Å². The van der Waals surface area contributed by atoms with Crippen molar-refractivity contribution in [1.82, 2.24) is 0 Å². The molecule has 1 aromatic rings. The molecule has 4 heteroatoms. The molecule has 1 rings (SSSR count). The zero-order chi connectivity index (χ0) is 7.56. The number of thiophene rings is 1. The van der Waals surface area contributed by atoms with Crippen molar-refractivity contribution >= 4 is 23.6 Å². The summed E-state index contributed by atoms with van der Waals surface area (Å²) < 4.78 is 0. The van der Waals surface area contributed by atoms with E-state index in [1.807, 2.05) is 0 Å². The first kappa shape index (κ1) is 6.95. The Morgan fingerprint density at radius 2 is 2.40 bits per heavy atom. The topological polar surface area (TPSA) is 54.4 Å². The van der Waals surface area contributed by atoms with Crippen molar-refractivity contribution in [1.29, 1.82) is 0 Å². The summed E-state index contributed by atoms with van der Waals surface area (Å²) >= 11 is 1.05. The van der Waals surface area contributed by atoms with Crippen LogP contribution in [-0.4, -0.2) is 17.4 Å². The van der Waals surface area contributed by atoms with Gasteiger partial charge >= 0.3 is 5.97 Å². The van der Waals surface area contributed by atoms with E-state index in [-0.39, 0.29) is 10.4 Å². The van der Waals surface area contributed by atoms with Crippen LogP contribution in [0, 0.1) is 0 Å². The first-order valence-electron chi connectivity index (χ1n) is 2.51. The van der Waals surface area contributed by atoms with Crippen LogP contribution in [0.5, 0.6) is 0 Å². The summed E-state index contributed by atoms with van der Waals surface area (Å²) in [6.45, 7) is 0. The van der Waals surface area contributed by atoms with Crippen LogP contribution < -0.4 is 0 Å². The molecule has 0 saturated carbocycles. The summed E-state index contributed by atoms with van der Waals surface area (Å²) in [6.07, 6.45) is 0.542. The van der Waals surface area contributed by atoms with Crippen molar-refractivity contribution < 1.29 is 14.7 Å². The number of carboxylic acids is 1. The van der Waals surface area contributed by atoms with Crippen LogP contribution in [0.15, 0.2) is 11.4 Å². The standard InChI is InChI=1S/C6H4O3S/c7-3-4-1-2-10-5(4)6(8)9/h1-3H,(H,8,9). The molecular weight excluding hydrogens is 152 g/mol. The van der Waals surface area contributed by atoms with E-state index >= 15 is 0 Å². The van der Waals surface area contributed by atoms with Gasteiger partial charge in [0.05, 0.1) is 0 Å². The van der Waals surface area contributed by atoms with Crippen LogP contribution in [-0.2, 0) is 0 Å². The number of rotatable bonds is 2. The number of hydrogen-bond acceptors (Lipinski definition) is 3. The summed E-state index contributed by atoms with van der Waals surface area (Å²) in [5, 5.41) is 10.0. The Hall–Kier alpha value is -1.16. The number of carbonyl (C=O) groups is 2. The summed E-state index contributed by atoms with van der Waals surface area (Å²) in [6, 6.07) is 1.49. The number of hydrogen-bond donors (Lipinski definition) is 1. The monoisotopic (exact) mass is 156 g/mol. The third-order valence-electron chi connectivity index (χ3n) is 1.02. The van der Waals surface area contributed by atoms with Crippen molar-refractivity contribution in [3.8, 4) is 0 Å². The van der Waals surface area contributed by atoms with Gasteiger partial charge in [0.25, 0.3) is 0 Å². The molecule has 0 fully saturated rings. The summed E-state index contributed by atoms with van der Waals surface area (Å²) in [5.41, 5.74) is 0.248. The Morgan fingerprint density at radius 1 is 1.70 bits per heavy atom. The second-order valence-electron chi connectivity index (χ2n) is 1.63. The summed E-state index contributed by atoms with van der Waals surface area (Å²) in [7, 11) is 0. The van der Waals surface area contributed by atoms with Gasteiger partial charge in [-0.05, 0) is 11.4 Å². The van der Waals surface area contributed by atoms with Crippen LogP contribution in [0.1, 0.15) is 20.0 Å². The lowest BCUT2D eigenvalue weighted by Crippen LogP contribution is -1.95. The predicted molar refractivity (Wildman–Crippen MR) is 36.7 cm³/mol. The maximum atomic E-state index is 10.3. The Balaban J connectivity index is 3.13. The van der Waals surface area contributed by atoms with Crippen LogP contribution >= 0.6 is 11.3 Å². The van der Waals surface area contributed by atoms with E-state index in [1.54, 1.807) is 5.38 Å². The van der Waals surface area contributed by atoms with E-state index in [0.29, 0.717) is 6.29 Å². The number of aldehydes is 1. The largest absolute Gasteiger partial charge is 0.477 e. The van der Waals surface area contributed by atoms with Gasteiger partial charge in [-0.1, -0.05) is 0 Å². The van der Waals surface area contributed by atoms with Gasteiger partial charge in [-0.15, -0.1) is 11.3 Å². The molecular formula is C6H4O3S. The molecule has 0 saturated heterocycles. The lowest BCUT2D eigenvalue weighted by Gasteiger charge is -1.85. The van der Waals surface area contributed by atoms with Crippen LogP contribution in [0.4, 0.5) is 0 Å². The van der Waals surface area contributed by atoms with Crippen molar-refractivity contribution in [3.63, 3.8) is 0 Å². The lowest BCUT2D eigenvalue weighted by atomic mass is 10.3. The molecule has 0 aliphatic heterocycles. The zero-order valence-corrected chi connectivity index (χ0v) is 5.72. The predicted octanol–water partition coefficient (Wildman–Crippen LogP) is 1.26. The third-order valence-corrected chi connectivity index (χ3v) is 1.94. The molecule has 0 amide bonds. The quantitative estimate of drug-likeness (QED) is 0.656. The minimum atomic E-state index is -1.04. The minimum Gasteiger partial charge on any atom is -0.477 e. The molecule has 0 radical (unpaired) electrons. The average Bonchev–Trinajstić information content (AvgIpc) is 2.33. The molecule has 0 aliphatic rings. The normalized spacial score (nSPS) is 9.20. The smallest absolute Gasteiger partial charge is 0.346 e. The first-order chi connectivity index (χ1) is 4.75. The van der Waals surface area contributed by atoms with E-state index in [2.05, 4.69) is 0 Å². The number of carboxylic acid groups (broad SMARTS) is 1. The Bertz CT molecular complexity index is 264. The van der Waals surface area contributed by atoms with Crippen LogP contribution in [0.3, 0.4) is 0 Å². The van der Waals surface area contributed by atoms with Crippen molar-refractivity contribution in [2.45, 2.75) is 0 Å². The third kappa shape index (κ3) is 1.06. The minimum absolute atomic E-state index is 0.106. The van der Waals surface area contributed by atoms with Crippen molar-refractivity contribution in [3.05, 3.63) is 21.9 Å². The molecule has 0 atom stereocenters. The van der Waals surface area contributed by atoms with Gasteiger partial charge in [0.1, 0.15) is 4.88 Å². The molecule has 0 spiro atoms. The zero-order valence-electron chi connectivity index (χ0n) is 4.90. The average molecular weight is 156 g/mol. The van der Waals surface area contributed by atoms with Gasteiger partial charge in [-0.3, -0.25) is 4.79 Å². The maximum absolute atomic E-state index is 10.3. The highest BCUT2D eigenvalue weighted by Gasteiger charge is 2.09. The molecule has 3 nitrogen and oxygen atoms in total. The molecule has 1 aromatic heterocycles. The molecule has 52 valence electrons. The van der Waals surface area contributed by atoms with Crippen LogP contribution in [0.2, 0.25) is 0 Å². The van der Waals surface area contributed by atoms with Gasteiger partial charge < -0.3 is 5.11 Å². The molecule has 10 heavy (non-hydrogen) atoms. The highest BCUT2D eigenvalue weighted by Crippen LogP contribution is 2.13. The molecule has 0 bridgehead atoms. The van der Waals surface area contributed by atoms with E-state index in [0.717, 1.165) is 11.3 Å². The van der Waals surface area contributed by atoms with Crippen molar-refractivity contribution in [2.75, 3.05) is 0 Å². The molecule has 1 N–H and O–H groups in total. The highest BCUT2D eigenvalue weighted by atomic mass is 32.1. The molecule has 0 unspecified atom stereocenters. The van der Waals surface area contributed by atoms with Crippen LogP contribution in [0.25, 0.3) is 0 Å². The van der Waals surface area contributed by atoms with Crippen molar-refractivity contribution in [2.24, 2.45) is 0 Å². The summed E-state index contributed by atoms with van der Waals surface area (Å²) in [4.78, 5) is 20.5. The Kier molecular flexibility index (Phi) is 1.82. The SMILES string of the molecule is O=Cc1ccsc1C(=O)O. The van der Waals surface area contributed by atoms with Gasteiger partial charge in [-0.2, -0.15) is 0 Å². The Morgan fingerprint density at radius 3 is 2.80 bits per heavy atom. The molecule has 0 aromatic carbocycles. The van der Waals surface area contributed by atoms with E-state index in [4.69, 9.17) is 5.11 Å². The summed E-state index contributed by atoms with van der Waals surface area (Å²) in [5.74, 6) is -1.04. The van der Waals surface area contributed by atoms with Gasteiger partial charge in [0.2, 0.25) is 0 Å².